The number of hydrogen-bond acceptors (Lipinski definition) is 2. The Bertz CT molecular complexity index is 434. The van der Waals surface area contributed by atoms with Crippen LogP contribution in [0, 0.1) is 5.82 Å². The molecule has 0 heterocycles. The van der Waals surface area contributed by atoms with Crippen LogP contribution in [0.15, 0.2) is 22.7 Å². The Morgan fingerprint density at radius 1 is 1.29 bits per heavy atom. The quantitative estimate of drug-likeness (QED) is 0.811. The molecule has 1 aliphatic rings. The fourth-order valence-electron chi connectivity index (χ4n) is 3.55. The first-order chi connectivity index (χ1) is 10.1. The standard InChI is InChI=1S/C17H25BrFNO/c1-3-21-17(7-5-4-6-8-17)16(20-2)11-13-9-14(18)12-15(19)10-13/h9-10,12,16,20H,3-8,11H2,1-2H3. The maximum Gasteiger partial charge on any atom is 0.124 e. The van der Waals surface area contributed by atoms with E-state index in [4.69, 9.17) is 4.74 Å². The van der Waals surface area contributed by atoms with E-state index in [1.54, 1.807) is 6.07 Å². The van der Waals surface area contributed by atoms with Crippen LogP contribution in [0.5, 0.6) is 0 Å². The van der Waals surface area contributed by atoms with Crippen molar-refractivity contribution in [1.82, 2.24) is 5.32 Å². The van der Waals surface area contributed by atoms with E-state index in [-0.39, 0.29) is 17.5 Å². The minimum atomic E-state index is -0.191. The monoisotopic (exact) mass is 357 g/mol. The Morgan fingerprint density at radius 3 is 2.57 bits per heavy atom. The maximum atomic E-state index is 13.6. The Labute approximate surface area is 135 Å². The zero-order valence-electron chi connectivity index (χ0n) is 12.9. The normalized spacial score (nSPS) is 19.4. The fourth-order valence-corrected chi connectivity index (χ4v) is 4.06. The molecule has 0 saturated heterocycles. The average molecular weight is 358 g/mol. The second kappa shape index (κ2) is 7.70. The molecule has 0 radical (unpaired) electrons. The van der Waals surface area contributed by atoms with Crippen LogP contribution in [0.1, 0.15) is 44.6 Å². The van der Waals surface area contributed by atoms with Crippen molar-refractivity contribution in [3.63, 3.8) is 0 Å². The minimum Gasteiger partial charge on any atom is -0.374 e. The van der Waals surface area contributed by atoms with Crippen LogP contribution in [-0.4, -0.2) is 25.3 Å². The zero-order chi connectivity index (χ0) is 15.3. The van der Waals surface area contributed by atoms with Crippen molar-refractivity contribution < 1.29 is 9.13 Å². The van der Waals surface area contributed by atoms with E-state index in [1.807, 2.05) is 13.1 Å². The van der Waals surface area contributed by atoms with Gasteiger partial charge in [0.15, 0.2) is 0 Å². The van der Waals surface area contributed by atoms with Crippen LogP contribution < -0.4 is 5.32 Å². The Morgan fingerprint density at radius 2 is 2.00 bits per heavy atom. The summed E-state index contributed by atoms with van der Waals surface area (Å²) in [5.74, 6) is -0.191. The van der Waals surface area contributed by atoms with Gasteiger partial charge in [-0.2, -0.15) is 0 Å². The van der Waals surface area contributed by atoms with Gasteiger partial charge in [0.2, 0.25) is 0 Å². The molecule has 0 aromatic heterocycles. The van der Waals surface area contributed by atoms with Crippen molar-refractivity contribution in [2.75, 3.05) is 13.7 Å². The number of nitrogens with one attached hydrogen (secondary N) is 1. The van der Waals surface area contributed by atoms with Crippen LogP contribution in [0.25, 0.3) is 0 Å². The van der Waals surface area contributed by atoms with Crippen LogP contribution in [-0.2, 0) is 11.2 Å². The van der Waals surface area contributed by atoms with Gasteiger partial charge in [0, 0.05) is 17.1 Å². The smallest absolute Gasteiger partial charge is 0.124 e. The van der Waals surface area contributed by atoms with Crippen molar-refractivity contribution in [3.05, 3.63) is 34.1 Å². The Kier molecular flexibility index (Phi) is 6.20. The molecule has 21 heavy (non-hydrogen) atoms. The van der Waals surface area contributed by atoms with Crippen molar-refractivity contribution in [1.29, 1.82) is 0 Å². The number of likely N-dealkylation sites (N-methyl/N-ethyl adjacent to an activating group) is 1. The molecule has 2 nitrogen and oxygen atoms in total. The predicted molar refractivity (Wildman–Crippen MR) is 88.1 cm³/mol. The van der Waals surface area contributed by atoms with E-state index in [1.165, 1.54) is 25.3 Å². The van der Waals surface area contributed by atoms with Crippen LogP contribution in [0.4, 0.5) is 4.39 Å². The summed E-state index contributed by atoms with van der Waals surface area (Å²) in [5, 5.41) is 3.42. The van der Waals surface area contributed by atoms with E-state index >= 15 is 0 Å². The SMILES string of the molecule is CCOC1(C(Cc2cc(F)cc(Br)c2)NC)CCCCC1. The summed E-state index contributed by atoms with van der Waals surface area (Å²) in [6.07, 6.45) is 6.67. The molecule has 2 rings (SSSR count). The van der Waals surface area contributed by atoms with E-state index in [0.717, 1.165) is 35.9 Å². The van der Waals surface area contributed by atoms with Crippen LogP contribution >= 0.6 is 15.9 Å². The van der Waals surface area contributed by atoms with Gasteiger partial charge >= 0.3 is 0 Å². The summed E-state index contributed by atoms with van der Waals surface area (Å²) in [7, 11) is 1.98. The summed E-state index contributed by atoms with van der Waals surface area (Å²) < 4.78 is 20.6. The third-order valence-electron chi connectivity index (χ3n) is 4.48. The first-order valence-corrected chi connectivity index (χ1v) is 8.65. The van der Waals surface area contributed by atoms with Crippen LogP contribution in [0.2, 0.25) is 0 Å². The highest BCUT2D eigenvalue weighted by molar-refractivity contribution is 9.10. The van der Waals surface area contributed by atoms with E-state index in [0.29, 0.717) is 0 Å². The third kappa shape index (κ3) is 4.27. The summed E-state index contributed by atoms with van der Waals surface area (Å²) in [4.78, 5) is 0. The molecule has 1 fully saturated rings. The van der Waals surface area contributed by atoms with Gasteiger partial charge in [0.1, 0.15) is 5.82 Å². The van der Waals surface area contributed by atoms with E-state index in [2.05, 4.69) is 28.2 Å². The van der Waals surface area contributed by atoms with Gasteiger partial charge in [0.05, 0.1) is 5.60 Å². The molecular formula is C17H25BrFNO. The number of ether oxygens (including phenoxy) is 1. The fraction of sp³-hybridized carbons (Fsp3) is 0.647. The molecule has 1 unspecified atom stereocenters. The summed E-state index contributed by atoms with van der Waals surface area (Å²) in [6.45, 7) is 2.78. The van der Waals surface area contributed by atoms with Gasteiger partial charge in [-0.25, -0.2) is 4.39 Å². The zero-order valence-corrected chi connectivity index (χ0v) is 14.5. The van der Waals surface area contributed by atoms with E-state index in [9.17, 15) is 4.39 Å². The van der Waals surface area contributed by atoms with Gasteiger partial charge in [-0.15, -0.1) is 0 Å². The van der Waals surface area contributed by atoms with Crippen molar-refractivity contribution in [2.45, 2.75) is 57.1 Å². The van der Waals surface area contributed by atoms with Gasteiger partial charge < -0.3 is 10.1 Å². The molecule has 1 saturated carbocycles. The van der Waals surface area contributed by atoms with Crippen LogP contribution in [0.3, 0.4) is 0 Å². The lowest BCUT2D eigenvalue weighted by atomic mass is 9.77. The molecule has 1 aromatic carbocycles. The molecule has 1 atom stereocenters. The first kappa shape index (κ1) is 16.9. The molecule has 4 heteroatoms. The highest BCUT2D eigenvalue weighted by Crippen LogP contribution is 2.36. The predicted octanol–water partition coefficient (Wildman–Crippen LogP) is 4.46. The summed E-state index contributed by atoms with van der Waals surface area (Å²) >= 11 is 3.37. The molecule has 118 valence electrons. The maximum absolute atomic E-state index is 13.6. The minimum absolute atomic E-state index is 0.111. The van der Waals surface area contributed by atoms with E-state index < -0.39 is 0 Å². The van der Waals surface area contributed by atoms with Gasteiger partial charge in [-0.3, -0.25) is 0 Å². The summed E-state index contributed by atoms with van der Waals surface area (Å²) in [6, 6.07) is 5.33. The number of halogens is 2. The third-order valence-corrected chi connectivity index (χ3v) is 4.94. The van der Waals surface area contributed by atoms with Gasteiger partial charge in [-0.05, 0) is 57.0 Å². The lowest BCUT2D eigenvalue weighted by molar-refractivity contribution is -0.0883. The topological polar surface area (TPSA) is 21.3 Å². The molecule has 0 aliphatic heterocycles. The first-order valence-electron chi connectivity index (χ1n) is 7.86. The summed E-state index contributed by atoms with van der Waals surface area (Å²) in [5.41, 5.74) is 0.895. The van der Waals surface area contributed by atoms with Crippen molar-refractivity contribution >= 4 is 15.9 Å². The second-order valence-electron chi connectivity index (χ2n) is 5.88. The van der Waals surface area contributed by atoms with Gasteiger partial charge in [0.25, 0.3) is 0 Å². The van der Waals surface area contributed by atoms with Crippen molar-refractivity contribution in [3.8, 4) is 0 Å². The number of benzene rings is 1. The molecule has 0 spiro atoms. The highest BCUT2D eigenvalue weighted by Gasteiger charge is 2.39. The Hall–Kier alpha value is -0.450. The molecule has 1 N–H and O–H groups in total. The molecule has 0 amide bonds. The Balaban J connectivity index is 2.19. The van der Waals surface area contributed by atoms with Crippen molar-refractivity contribution in [2.24, 2.45) is 0 Å². The lowest BCUT2D eigenvalue weighted by Crippen LogP contribution is -2.53. The molecular weight excluding hydrogens is 333 g/mol. The molecule has 0 bridgehead atoms. The largest absolute Gasteiger partial charge is 0.374 e. The average Bonchev–Trinajstić information content (AvgIpc) is 2.45. The number of hydrogen-bond donors (Lipinski definition) is 1. The number of rotatable bonds is 6. The van der Waals surface area contributed by atoms with Gasteiger partial charge in [-0.1, -0.05) is 35.2 Å². The highest BCUT2D eigenvalue weighted by atomic mass is 79.9. The molecule has 1 aromatic rings. The lowest BCUT2D eigenvalue weighted by Gasteiger charge is -2.43. The molecule has 1 aliphatic carbocycles. The second-order valence-corrected chi connectivity index (χ2v) is 6.80.